The van der Waals surface area contributed by atoms with Gasteiger partial charge in [-0.1, -0.05) is 12.1 Å². The molecule has 1 aliphatic heterocycles. The molecule has 2 aromatic rings. The first-order chi connectivity index (χ1) is 13.0. The molecule has 0 bridgehead atoms. The number of benzene rings is 1. The van der Waals surface area contributed by atoms with E-state index in [4.69, 9.17) is 0 Å². The van der Waals surface area contributed by atoms with Crippen molar-refractivity contribution < 1.29 is 17.6 Å². The van der Waals surface area contributed by atoms with Crippen molar-refractivity contribution in [1.29, 1.82) is 0 Å². The summed E-state index contributed by atoms with van der Waals surface area (Å²) in [6.45, 7) is 2.15. The lowest BCUT2D eigenvalue weighted by Gasteiger charge is -2.34. The van der Waals surface area contributed by atoms with Crippen LogP contribution < -0.4 is 9.62 Å². The van der Waals surface area contributed by atoms with Crippen molar-refractivity contribution >= 4 is 21.9 Å². The maximum absolute atomic E-state index is 13.6. The standard InChI is InChI=1S/C17H20FN5O3S/c18-14-4-1-2-5-15(14)27(25,26)21-9-6-16(24)22-10-12-23(13-11-22)17-19-7-3-8-20-17/h1-5,7-8,21H,6,9-13H2. The molecule has 1 amide bonds. The monoisotopic (exact) mass is 393 g/mol. The summed E-state index contributed by atoms with van der Waals surface area (Å²) in [4.78, 5) is 23.9. The van der Waals surface area contributed by atoms with E-state index in [0.717, 1.165) is 6.07 Å². The lowest BCUT2D eigenvalue weighted by molar-refractivity contribution is -0.131. The fraction of sp³-hybridized carbons (Fsp3) is 0.353. The number of rotatable bonds is 6. The van der Waals surface area contributed by atoms with E-state index in [2.05, 4.69) is 14.7 Å². The Morgan fingerprint density at radius 3 is 2.41 bits per heavy atom. The molecule has 8 nitrogen and oxygen atoms in total. The van der Waals surface area contributed by atoms with Crippen LogP contribution in [0.2, 0.25) is 0 Å². The normalized spacial score (nSPS) is 15.0. The summed E-state index contributed by atoms with van der Waals surface area (Å²) in [7, 11) is -3.98. The number of nitrogens with one attached hydrogen (secondary N) is 1. The molecule has 1 N–H and O–H groups in total. The van der Waals surface area contributed by atoms with Gasteiger partial charge >= 0.3 is 0 Å². The minimum Gasteiger partial charge on any atom is -0.339 e. The molecule has 0 radical (unpaired) electrons. The predicted molar refractivity (Wildman–Crippen MR) is 97.0 cm³/mol. The number of piperazine rings is 1. The van der Waals surface area contributed by atoms with Gasteiger partial charge in [0.1, 0.15) is 10.7 Å². The first kappa shape index (κ1) is 19.2. The van der Waals surface area contributed by atoms with Crippen LogP contribution in [0.5, 0.6) is 0 Å². The van der Waals surface area contributed by atoms with Gasteiger partial charge in [0.25, 0.3) is 0 Å². The number of carbonyl (C=O) groups excluding carboxylic acids is 1. The Morgan fingerprint density at radius 2 is 1.74 bits per heavy atom. The number of nitrogens with zero attached hydrogens (tertiary/aromatic N) is 4. The Hall–Kier alpha value is -2.59. The molecule has 1 fully saturated rings. The fourth-order valence-electron chi connectivity index (χ4n) is 2.80. The Morgan fingerprint density at radius 1 is 1.07 bits per heavy atom. The maximum Gasteiger partial charge on any atom is 0.243 e. The Labute approximate surface area is 157 Å². The van der Waals surface area contributed by atoms with Crippen LogP contribution in [-0.2, 0) is 14.8 Å². The van der Waals surface area contributed by atoms with Gasteiger partial charge in [0.15, 0.2) is 0 Å². The summed E-state index contributed by atoms with van der Waals surface area (Å²) < 4.78 is 40.1. The first-order valence-corrected chi connectivity index (χ1v) is 9.99. The second-order valence-corrected chi connectivity index (χ2v) is 7.73. The molecule has 1 aromatic carbocycles. The smallest absolute Gasteiger partial charge is 0.243 e. The van der Waals surface area contributed by atoms with Crippen LogP contribution in [0.15, 0.2) is 47.6 Å². The van der Waals surface area contributed by atoms with Crippen molar-refractivity contribution in [1.82, 2.24) is 19.6 Å². The highest BCUT2D eigenvalue weighted by Crippen LogP contribution is 2.13. The van der Waals surface area contributed by atoms with Crippen LogP contribution in [0.25, 0.3) is 0 Å². The third kappa shape index (κ3) is 4.77. The summed E-state index contributed by atoms with van der Waals surface area (Å²) in [6, 6.07) is 6.86. The number of hydrogen-bond acceptors (Lipinski definition) is 6. The highest BCUT2D eigenvalue weighted by atomic mass is 32.2. The van der Waals surface area contributed by atoms with Crippen molar-refractivity contribution in [3.05, 3.63) is 48.5 Å². The van der Waals surface area contributed by atoms with Crippen molar-refractivity contribution in [2.45, 2.75) is 11.3 Å². The van der Waals surface area contributed by atoms with Crippen LogP contribution in [0.1, 0.15) is 6.42 Å². The van der Waals surface area contributed by atoms with Crippen molar-refractivity contribution in [2.75, 3.05) is 37.6 Å². The van der Waals surface area contributed by atoms with Crippen LogP contribution in [0.4, 0.5) is 10.3 Å². The van der Waals surface area contributed by atoms with Gasteiger partial charge in [0.05, 0.1) is 0 Å². The van der Waals surface area contributed by atoms with Crippen molar-refractivity contribution in [3.63, 3.8) is 0 Å². The number of halogens is 1. The molecular formula is C17H20FN5O3S. The molecule has 0 unspecified atom stereocenters. The average Bonchev–Trinajstić information content (AvgIpc) is 2.69. The van der Waals surface area contributed by atoms with Crippen molar-refractivity contribution in [2.24, 2.45) is 0 Å². The van der Waals surface area contributed by atoms with E-state index < -0.39 is 20.7 Å². The molecule has 1 saturated heterocycles. The number of hydrogen-bond donors (Lipinski definition) is 1. The Bertz CT molecular complexity index is 886. The second kappa shape index (κ2) is 8.40. The number of amides is 1. The molecule has 1 aliphatic rings. The molecular weight excluding hydrogens is 373 g/mol. The fourth-order valence-corrected chi connectivity index (χ4v) is 3.91. The molecule has 2 heterocycles. The summed E-state index contributed by atoms with van der Waals surface area (Å²) in [6.07, 6.45) is 3.35. The van der Waals surface area contributed by atoms with Gasteiger partial charge < -0.3 is 9.80 Å². The molecule has 1 aromatic heterocycles. The third-order valence-electron chi connectivity index (χ3n) is 4.22. The highest BCUT2D eigenvalue weighted by molar-refractivity contribution is 7.89. The van der Waals surface area contributed by atoms with Crippen molar-refractivity contribution in [3.8, 4) is 0 Å². The first-order valence-electron chi connectivity index (χ1n) is 8.51. The molecule has 144 valence electrons. The minimum atomic E-state index is -3.98. The molecule has 0 saturated carbocycles. The quantitative estimate of drug-likeness (QED) is 0.774. The number of carbonyl (C=O) groups is 1. The van der Waals surface area contributed by atoms with Crippen LogP contribution >= 0.6 is 0 Å². The van der Waals surface area contributed by atoms with E-state index >= 15 is 0 Å². The van der Waals surface area contributed by atoms with Crippen LogP contribution in [0.3, 0.4) is 0 Å². The van der Waals surface area contributed by atoms with E-state index in [9.17, 15) is 17.6 Å². The van der Waals surface area contributed by atoms with Gasteiger partial charge in [-0.25, -0.2) is 27.5 Å². The average molecular weight is 393 g/mol. The van der Waals surface area contributed by atoms with E-state index in [0.29, 0.717) is 32.1 Å². The minimum absolute atomic E-state index is 0.00944. The molecule has 10 heteroatoms. The molecule has 0 aliphatic carbocycles. The number of sulfonamides is 1. The van der Waals surface area contributed by atoms with Gasteiger partial charge in [-0.05, 0) is 18.2 Å². The summed E-state index contributed by atoms with van der Waals surface area (Å²) in [5.74, 6) is -0.349. The second-order valence-electron chi connectivity index (χ2n) is 5.99. The van der Waals surface area contributed by atoms with Gasteiger partial charge in [-0.2, -0.15) is 0 Å². The van der Waals surface area contributed by atoms with E-state index in [1.807, 2.05) is 4.90 Å². The molecule has 27 heavy (non-hydrogen) atoms. The number of aromatic nitrogens is 2. The molecule has 3 rings (SSSR count). The van der Waals surface area contributed by atoms with E-state index in [1.54, 1.807) is 23.4 Å². The SMILES string of the molecule is O=C(CCNS(=O)(=O)c1ccccc1F)N1CCN(c2ncccn2)CC1. The Kier molecular flexibility index (Phi) is 5.97. The number of anilines is 1. The lowest BCUT2D eigenvalue weighted by Crippen LogP contribution is -2.49. The summed E-state index contributed by atoms with van der Waals surface area (Å²) in [5.41, 5.74) is 0. The zero-order valence-electron chi connectivity index (χ0n) is 14.6. The Balaban J connectivity index is 1.47. The van der Waals surface area contributed by atoms with E-state index in [1.165, 1.54) is 18.2 Å². The van der Waals surface area contributed by atoms with Crippen LogP contribution in [-0.4, -0.2) is 61.9 Å². The van der Waals surface area contributed by atoms with Gasteiger partial charge in [-0.3, -0.25) is 4.79 Å². The van der Waals surface area contributed by atoms with Gasteiger partial charge in [0.2, 0.25) is 21.9 Å². The zero-order valence-corrected chi connectivity index (χ0v) is 15.4. The highest BCUT2D eigenvalue weighted by Gasteiger charge is 2.23. The van der Waals surface area contributed by atoms with Crippen LogP contribution in [0, 0.1) is 5.82 Å². The summed E-state index contributed by atoms with van der Waals surface area (Å²) in [5, 5.41) is 0. The van der Waals surface area contributed by atoms with Gasteiger partial charge in [-0.15, -0.1) is 0 Å². The third-order valence-corrected chi connectivity index (χ3v) is 5.72. The zero-order chi connectivity index (χ0) is 19.3. The lowest BCUT2D eigenvalue weighted by atomic mass is 10.3. The molecule has 0 spiro atoms. The largest absolute Gasteiger partial charge is 0.339 e. The maximum atomic E-state index is 13.6. The van der Waals surface area contributed by atoms with Gasteiger partial charge in [0, 0.05) is 51.5 Å². The molecule has 0 atom stereocenters. The topological polar surface area (TPSA) is 95.5 Å². The predicted octanol–water partition coefficient (Wildman–Crippen LogP) is 0.633. The summed E-state index contributed by atoms with van der Waals surface area (Å²) >= 11 is 0. The van der Waals surface area contributed by atoms with E-state index in [-0.39, 0.29) is 18.9 Å².